The van der Waals surface area contributed by atoms with Crippen LogP contribution in [0.3, 0.4) is 0 Å². The van der Waals surface area contributed by atoms with Crippen LogP contribution < -0.4 is 0 Å². The molecule has 1 heterocycles. The van der Waals surface area contributed by atoms with Gasteiger partial charge in [0.05, 0.1) is 12.7 Å². The van der Waals surface area contributed by atoms with E-state index in [1.165, 1.54) is 14.0 Å². The van der Waals surface area contributed by atoms with Crippen LogP contribution in [0.25, 0.3) is 0 Å². The standard InChI is InChI=1S/C13H14ClNO4/c1-7-5-6-10(12(14)15-7)11(19-9(3)16)8(2)13(17)18-4/h5-6,11H,2H2,1,3-4H3. The summed E-state index contributed by atoms with van der Waals surface area (Å²) in [7, 11) is 1.22. The minimum absolute atomic E-state index is 0.0229. The molecule has 0 aromatic carbocycles. The number of carbonyl (C=O) groups excluding carboxylic acids is 2. The fraction of sp³-hybridized carbons (Fsp3) is 0.308. The minimum Gasteiger partial charge on any atom is -0.466 e. The zero-order chi connectivity index (χ0) is 14.6. The summed E-state index contributed by atoms with van der Waals surface area (Å²) < 4.78 is 9.64. The monoisotopic (exact) mass is 283 g/mol. The number of pyridine rings is 1. The molecule has 1 aromatic heterocycles. The molecule has 1 aromatic rings. The van der Waals surface area contributed by atoms with Gasteiger partial charge < -0.3 is 9.47 Å². The summed E-state index contributed by atoms with van der Waals surface area (Å²) in [5.74, 6) is -1.24. The third-order valence-corrected chi connectivity index (χ3v) is 2.65. The molecule has 5 nitrogen and oxygen atoms in total. The Kier molecular flexibility index (Phi) is 5.06. The second-order valence-corrected chi connectivity index (χ2v) is 4.20. The van der Waals surface area contributed by atoms with Crippen LogP contribution in [0.5, 0.6) is 0 Å². The molecule has 0 aliphatic heterocycles. The predicted molar refractivity (Wildman–Crippen MR) is 69.6 cm³/mol. The SMILES string of the molecule is C=C(C(=O)OC)C(OC(C)=O)c1ccc(C)nc1Cl. The lowest BCUT2D eigenvalue weighted by atomic mass is 10.0. The smallest absolute Gasteiger partial charge is 0.337 e. The number of aromatic nitrogens is 1. The van der Waals surface area contributed by atoms with Gasteiger partial charge in [0, 0.05) is 18.2 Å². The third-order valence-electron chi connectivity index (χ3n) is 2.35. The topological polar surface area (TPSA) is 65.5 Å². The van der Waals surface area contributed by atoms with E-state index in [4.69, 9.17) is 16.3 Å². The molecule has 1 atom stereocenters. The summed E-state index contributed by atoms with van der Waals surface area (Å²) >= 11 is 6.00. The summed E-state index contributed by atoms with van der Waals surface area (Å²) in [6.07, 6.45) is -1.01. The van der Waals surface area contributed by atoms with Crippen molar-refractivity contribution in [2.75, 3.05) is 7.11 Å². The summed E-state index contributed by atoms with van der Waals surface area (Å²) in [6, 6.07) is 3.33. The third kappa shape index (κ3) is 3.79. The van der Waals surface area contributed by atoms with E-state index in [0.29, 0.717) is 11.3 Å². The second kappa shape index (κ2) is 6.33. The quantitative estimate of drug-likeness (QED) is 0.482. The Balaban J connectivity index is 3.19. The molecule has 0 N–H and O–H groups in total. The first-order valence-electron chi connectivity index (χ1n) is 5.44. The highest BCUT2D eigenvalue weighted by molar-refractivity contribution is 6.30. The molecule has 0 radical (unpaired) electrons. The molecule has 1 unspecified atom stereocenters. The second-order valence-electron chi connectivity index (χ2n) is 3.84. The number of nitrogens with zero attached hydrogens (tertiary/aromatic N) is 1. The Morgan fingerprint density at radius 2 is 2.05 bits per heavy atom. The first kappa shape index (κ1) is 15.2. The van der Waals surface area contributed by atoms with Gasteiger partial charge in [-0.05, 0) is 13.0 Å². The lowest BCUT2D eigenvalue weighted by Crippen LogP contribution is -2.18. The van der Waals surface area contributed by atoms with Crippen LogP contribution in [0.4, 0.5) is 0 Å². The van der Waals surface area contributed by atoms with Crippen LogP contribution >= 0.6 is 11.6 Å². The van der Waals surface area contributed by atoms with E-state index in [2.05, 4.69) is 16.3 Å². The van der Waals surface area contributed by atoms with Crippen molar-refractivity contribution in [3.8, 4) is 0 Å². The molecule has 19 heavy (non-hydrogen) atoms. The molecule has 0 saturated carbocycles. The first-order chi connectivity index (χ1) is 8.86. The van der Waals surface area contributed by atoms with Gasteiger partial charge in [0.15, 0.2) is 6.10 Å². The molecule has 102 valence electrons. The summed E-state index contributed by atoms with van der Waals surface area (Å²) in [5.41, 5.74) is 1.07. The molecule has 1 rings (SSSR count). The number of hydrogen-bond acceptors (Lipinski definition) is 5. The number of methoxy groups -OCH3 is 1. The Labute approximate surface area is 116 Å². The number of ether oxygens (including phenoxy) is 2. The van der Waals surface area contributed by atoms with Crippen LogP contribution in [0.15, 0.2) is 24.3 Å². The van der Waals surface area contributed by atoms with Crippen LogP contribution in [-0.2, 0) is 19.1 Å². The van der Waals surface area contributed by atoms with Gasteiger partial charge >= 0.3 is 11.9 Å². The first-order valence-corrected chi connectivity index (χ1v) is 5.82. The van der Waals surface area contributed by atoms with Crippen molar-refractivity contribution in [1.82, 2.24) is 4.98 Å². The van der Waals surface area contributed by atoms with E-state index in [1.54, 1.807) is 19.1 Å². The van der Waals surface area contributed by atoms with Crippen molar-refractivity contribution in [2.24, 2.45) is 0 Å². The zero-order valence-electron chi connectivity index (χ0n) is 10.9. The maximum atomic E-state index is 11.5. The van der Waals surface area contributed by atoms with Gasteiger partial charge in [-0.3, -0.25) is 4.79 Å². The molecule has 0 fully saturated rings. The maximum absolute atomic E-state index is 11.5. The highest BCUT2D eigenvalue weighted by atomic mass is 35.5. The van der Waals surface area contributed by atoms with E-state index < -0.39 is 18.0 Å². The Bertz CT molecular complexity index is 527. The minimum atomic E-state index is -1.01. The molecule has 0 aliphatic carbocycles. The van der Waals surface area contributed by atoms with E-state index in [1.807, 2.05) is 0 Å². The fourth-order valence-electron chi connectivity index (χ4n) is 1.46. The Morgan fingerprint density at radius 1 is 1.42 bits per heavy atom. The van der Waals surface area contributed by atoms with Gasteiger partial charge in [0.1, 0.15) is 5.15 Å². The van der Waals surface area contributed by atoms with Crippen LogP contribution in [0.1, 0.15) is 24.3 Å². The maximum Gasteiger partial charge on any atom is 0.337 e. The largest absolute Gasteiger partial charge is 0.466 e. The van der Waals surface area contributed by atoms with Crippen molar-refractivity contribution in [2.45, 2.75) is 20.0 Å². The average Bonchev–Trinajstić information content (AvgIpc) is 2.34. The lowest BCUT2D eigenvalue weighted by molar-refractivity contribution is -0.147. The van der Waals surface area contributed by atoms with E-state index in [-0.39, 0.29) is 10.7 Å². The number of aryl methyl sites for hydroxylation is 1. The molecule has 0 amide bonds. The lowest BCUT2D eigenvalue weighted by Gasteiger charge is -2.19. The zero-order valence-corrected chi connectivity index (χ0v) is 11.7. The molecule has 0 bridgehead atoms. The summed E-state index contributed by atoms with van der Waals surface area (Å²) in [5, 5.41) is 0.149. The van der Waals surface area contributed by atoms with Crippen molar-refractivity contribution >= 4 is 23.5 Å². The summed E-state index contributed by atoms with van der Waals surface area (Å²) in [4.78, 5) is 26.7. The highest BCUT2D eigenvalue weighted by Gasteiger charge is 2.27. The Morgan fingerprint density at radius 3 is 2.53 bits per heavy atom. The average molecular weight is 284 g/mol. The number of carbonyl (C=O) groups is 2. The molecule has 0 aliphatic rings. The van der Waals surface area contributed by atoms with Crippen molar-refractivity contribution in [1.29, 1.82) is 0 Å². The predicted octanol–water partition coefficient (Wildman–Crippen LogP) is 2.38. The normalized spacial score (nSPS) is 11.6. The van der Waals surface area contributed by atoms with Gasteiger partial charge in [-0.15, -0.1) is 0 Å². The van der Waals surface area contributed by atoms with Crippen LogP contribution in [0, 0.1) is 6.92 Å². The molecular formula is C13H14ClNO4. The van der Waals surface area contributed by atoms with Gasteiger partial charge in [-0.2, -0.15) is 0 Å². The van der Waals surface area contributed by atoms with Gasteiger partial charge in [-0.1, -0.05) is 24.2 Å². The van der Waals surface area contributed by atoms with Crippen LogP contribution in [-0.4, -0.2) is 24.0 Å². The van der Waals surface area contributed by atoms with E-state index in [0.717, 1.165) is 0 Å². The fourth-order valence-corrected chi connectivity index (χ4v) is 1.75. The molecule has 0 saturated heterocycles. The number of rotatable bonds is 4. The Hall–Kier alpha value is -1.88. The molecule has 6 heteroatoms. The summed E-state index contributed by atoms with van der Waals surface area (Å²) in [6.45, 7) is 6.58. The van der Waals surface area contributed by atoms with Crippen molar-refractivity contribution in [3.63, 3.8) is 0 Å². The number of hydrogen-bond donors (Lipinski definition) is 0. The van der Waals surface area contributed by atoms with Gasteiger partial charge in [-0.25, -0.2) is 9.78 Å². The van der Waals surface area contributed by atoms with E-state index in [9.17, 15) is 9.59 Å². The van der Waals surface area contributed by atoms with Crippen molar-refractivity contribution < 1.29 is 19.1 Å². The van der Waals surface area contributed by atoms with E-state index >= 15 is 0 Å². The highest BCUT2D eigenvalue weighted by Crippen LogP contribution is 2.30. The number of esters is 2. The van der Waals surface area contributed by atoms with Gasteiger partial charge in [0.2, 0.25) is 0 Å². The molecule has 0 spiro atoms. The number of halogens is 1. The van der Waals surface area contributed by atoms with Crippen molar-refractivity contribution in [3.05, 3.63) is 40.7 Å². The molecular weight excluding hydrogens is 270 g/mol. The van der Waals surface area contributed by atoms with Crippen LogP contribution in [0.2, 0.25) is 5.15 Å². The van der Waals surface area contributed by atoms with Gasteiger partial charge in [0.25, 0.3) is 0 Å².